The van der Waals surface area contributed by atoms with Gasteiger partial charge >= 0.3 is 0 Å². The quantitative estimate of drug-likeness (QED) is 0.862. The molecule has 2 aromatic carbocycles. The lowest BCUT2D eigenvalue weighted by Crippen LogP contribution is -2.29. The summed E-state index contributed by atoms with van der Waals surface area (Å²) >= 11 is 0. The van der Waals surface area contributed by atoms with Gasteiger partial charge in [0, 0.05) is 38.4 Å². The second-order valence-corrected chi connectivity index (χ2v) is 7.28. The molecule has 0 saturated carbocycles. The molecule has 0 radical (unpaired) electrons. The average molecular weight is 351 g/mol. The van der Waals surface area contributed by atoms with E-state index in [4.69, 9.17) is 0 Å². The number of piperidine rings is 1. The first kappa shape index (κ1) is 18.5. The number of amides is 1. The monoisotopic (exact) mass is 351 g/mol. The average Bonchev–Trinajstić information content (AvgIpc) is 2.68. The fourth-order valence-corrected chi connectivity index (χ4v) is 3.33. The van der Waals surface area contributed by atoms with Crippen LogP contribution in [-0.2, 0) is 13.1 Å². The molecule has 0 spiro atoms. The summed E-state index contributed by atoms with van der Waals surface area (Å²) in [4.78, 5) is 16.8. The molecule has 1 heterocycles. The van der Waals surface area contributed by atoms with E-state index in [1.807, 2.05) is 43.3 Å². The lowest BCUT2D eigenvalue weighted by molar-refractivity contribution is 0.0951. The van der Waals surface area contributed by atoms with Crippen molar-refractivity contribution < 1.29 is 4.79 Å². The maximum Gasteiger partial charge on any atom is 0.251 e. The van der Waals surface area contributed by atoms with Gasteiger partial charge in [-0.2, -0.15) is 0 Å². The van der Waals surface area contributed by atoms with Crippen molar-refractivity contribution in [2.45, 2.75) is 32.4 Å². The lowest BCUT2D eigenvalue weighted by Gasteiger charge is -2.26. The molecule has 1 fully saturated rings. The Bertz CT molecular complexity index is 701. The van der Waals surface area contributed by atoms with Gasteiger partial charge in [-0.05, 0) is 61.3 Å². The minimum atomic E-state index is -0.0345. The van der Waals surface area contributed by atoms with Gasteiger partial charge in [0.1, 0.15) is 0 Å². The van der Waals surface area contributed by atoms with Gasteiger partial charge in [-0.15, -0.1) is 0 Å². The standard InChI is InChI=1S/C22H29N3O/c1-24(2)21-12-10-20(11-13-21)22(26)23-16-18-6-8-19(9-7-18)17-25-14-4-3-5-15-25/h6-13H,3-5,14-17H2,1-2H3,(H,23,26). The molecule has 26 heavy (non-hydrogen) atoms. The molecule has 0 atom stereocenters. The van der Waals surface area contributed by atoms with Gasteiger partial charge in [-0.1, -0.05) is 30.7 Å². The summed E-state index contributed by atoms with van der Waals surface area (Å²) < 4.78 is 0. The highest BCUT2D eigenvalue weighted by Gasteiger charge is 2.10. The highest BCUT2D eigenvalue weighted by Crippen LogP contribution is 2.14. The number of hydrogen-bond acceptors (Lipinski definition) is 3. The Morgan fingerprint density at radius 2 is 1.54 bits per heavy atom. The fraction of sp³-hybridized carbons (Fsp3) is 0.409. The number of benzene rings is 2. The zero-order chi connectivity index (χ0) is 18.4. The molecule has 1 saturated heterocycles. The number of hydrogen-bond donors (Lipinski definition) is 1. The molecule has 4 heteroatoms. The SMILES string of the molecule is CN(C)c1ccc(C(=O)NCc2ccc(CN3CCCCC3)cc2)cc1. The normalized spacial score (nSPS) is 14.8. The molecule has 138 valence electrons. The minimum absolute atomic E-state index is 0.0345. The Kier molecular flexibility index (Phi) is 6.29. The Balaban J connectivity index is 1.50. The molecular formula is C22H29N3O. The van der Waals surface area contributed by atoms with Crippen LogP contribution in [0, 0.1) is 0 Å². The Morgan fingerprint density at radius 1 is 0.923 bits per heavy atom. The van der Waals surface area contributed by atoms with E-state index < -0.39 is 0 Å². The van der Waals surface area contributed by atoms with Gasteiger partial charge < -0.3 is 10.2 Å². The van der Waals surface area contributed by atoms with E-state index in [-0.39, 0.29) is 5.91 Å². The van der Waals surface area contributed by atoms with Crippen LogP contribution in [0.15, 0.2) is 48.5 Å². The summed E-state index contributed by atoms with van der Waals surface area (Å²) in [5, 5.41) is 3.00. The molecular weight excluding hydrogens is 322 g/mol. The molecule has 0 unspecified atom stereocenters. The molecule has 3 rings (SSSR count). The Hall–Kier alpha value is -2.33. The van der Waals surface area contributed by atoms with Crippen LogP contribution in [0.1, 0.15) is 40.7 Å². The maximum atomic E-state index is 12.3. The second kappa shape index (κ2) is 8.86. The van der Waals surface area contributed by atoms with Crippen LogP contribution < -0.4 is 10.2 Å². The Morgan fingerprint density at radius 3 is 2.15 bits per heavy atom. The maximum absolute atomic E-state index is 12.3. The summed E-state index contributed by atoms with van der Waals surface area (Å²) in [6.45, 7) is 4.01. The zero-order valence-corrected chi connectivity index (χ0v) is 15.9. The minimum Gasteiger partial charge on any atom is -0.378 e. The fourth-order valence-electron chi connectivity index (χ4n) is 3.33. The van der Waals surface area contributed by atoms with Crippen LogP contribution in [0.25, 0.3) is 0 Å². The van der Waals surface area contributed by atoms with Crippen LogP contribution in [0.4, 0.5) is 5.69 Å². The third-order valence-electron chi connectivity index (χ3n) is 4.98. The summed E-state index contributed by atoms with van der Waals surface area (Å²) in [5.41, 5.74) is 4.26. The molecule has 1 aliphatic rings. The van der Waals surface area contributed by atoms with Crippen molar-refractivity contribution in [3.05, 3.63) is 65.2 Å². The van der Waals surface area contributed by atoms with Crippen molar-refractivity contribution in [1.82, 2.24) is 10.2 Å². The van der Waals surface area contributed by atoms with Crippen molar-refractivity contribution in [1.29, 1.82) is 0 Å². The number of nitrogens with one attached hydrogen (secondary N) is 1. The van der Waals surface area contributed by atoms with Crippen molar-refractivity contribution in [2.24, 2.45) is 0 Å². The number of likely N-dealkylation sites (tertiary alicyclic amines) is 1. The van der Waals surface area contributed by atoms with E-state index in [0.29, 0.717) is 12.1 Å². The van der Waals surface area contributed by atoms with E-state index in [2.05, 4.69) is 34.5 Å². The van der Waals surface area contributed by atoms with Gasteiger partial charge in [0.2, 0.25) is 0 Å². The Labute approximate surface area is 156 Å². The van der Waals surface area contributed by atoms with E-state index in [0.717, 1.165) is 17.8 Å². The number of carbonyl (C=O) groups is 1. The predicted molar refractivity (Wildman–Crippen MR) is 108 cm³/mol. The molecule has 0 aliphatic carbocycles. The molecule has 4 nitrogen and oxygen atoms in total. The molecule has 1 amide bonds. The molecule has 1 N–H and O–H groups in total. The van der Waals surface area contributed by atoms with Crippen molar-refractivity contribution in [3.63, 3.8) is 0 Å². The third-order valence-corrected chi connectivity index (χ3v) is 4.98. The number of rotatable bonds is 6. The topological polar surface area (TPSA) is 35.6 Å². The van der Waals surface area contributed by atoms with Gasteiger partial charge in [-0.25, -0.2) is 0 Å². The van der Waals surface area contributed by atoms with Gasteiger partial charge in [0.25, 0.3) is 5.91 Å². The van der Waals surface area contributed by atoms with E-state index in [1.165, 1.54) is 37.9 Å². The number of nitrogens with zero attached hydrogens (tertiary/aromatic N) is 2. The zero-order valence-electron chi connectivity index (χ0n) is 15.9. The van der Waals surface area contributed by atoms with Crippen LogP contribution in [0.5, 0.6) is 0 Å². The molecule has 1 aliphatic heterocycles. The van der Waals surface area contributed by atoms with Crippen molar-refractivity contribution >= 4 is 11.6 Å². The summed E-state index contributed by atoms with van der Waals surface area (Å²) in [6.07, 6.45) is 4.01. The first-order valence-corrected chi connectivity index (χ1v) is 9.47. The molecule has 2 aromatic rings. The van der Waals surface area contributed by atoms with E-state index in [9.17, 15) is 4.79 Å². The van der Waals surface area contributed by atoms with Crippen molar-refractivity contribution in [3.8, 4) is 0 Å². The summed E-state index contributed by atoms with van der Waals surface area (Å²) in [6, 6.07) is 16.3. The molecule has 0 aromatic heterocycles. The lowest BCUT2D eigenvalue weighted by atomic mass is 10.1. The van der Waals surface area contributed by atoms with Crippen molar-refractivity contribution in [2.75, 3.05) is 32.1 Å². The van der Waals surface area contributed by atoms with Gasteiger partial charge in [0.05, 0.1) is 0 Å². The van der Waals surface area contributed by atoms with Crippen LogP contribution >= 0.6 is 0 Å². The highest BCUT2D eigenvalue weighted by atomic mass is 16.1. The third kappa shape index (κ3) is 5.09. The van der Waals surface area contributed by atoms with Crippen LogP contribution in [0.2, 0.25) is 0 Å². The van der Waals surface area contributed by atoms with Crippen LogP contribution in [0.3, 0.4) is 0 Å². The predicted octanol–water partition coefficient (Wildman–Crippen LogP) is 3.67. The first-order chi connectivity index (χ1) is 12.6. The number of carbonyl (C=O) groups excluding carboxylic acids is 1. The smallest absolute Gasteiger partial charge is 0.251 e. The molecule has 0 bridgehead atoms. The van der Waals surface area contributed by atoms with E-state index >= 15 is 0 Å². The first-order valence-electron chi connectivity index (χ1n) is 9.47. The second-order valence-electron chi connectivity index (χ2n) is 7.28. The number of anilines is 1. The summed E-state index contributed by atoms with van der Waals surface area (Å²) in [7, 11) is 3.98. The largest absolute Gasteiger partial charge is 0.378 e. The summed E-state index contributed by atoms with van der Waals surface area (Å²) in [5.74, 6) is -0.0345. The van der Waals surface area contributed by atoms with Gasteiger partial charge in [-0.3, -0.25) is 9.69 Å². The highest BCUT2D eigenvalue weighted by molar-refractivity contribution is 5.94. The van der Waals surface area contributed by atoms with E-state index in [1.54, 1.807) is 0 Å². The van der Waals surface area contributed by atoms with Crippen LogP contribution in [-0.4, -0.2) is 38.0 Å². The van der Waals surface area contributed by atoms with Gasteiger partial charge in [0.15, 0.2) is 0 Å².